The van der Waals surface area contributed by atoms with Gasteiger partial charge in [0.15, 0.2) is 0 Å². The van der Waals surface area contributed by atoms with Crippen molar-refractivity contribution in [2.24, 2.45) is 0 Å². The zero-order chi connectivity index (χ0) is 28.3. The van der Waals surface area contributed by atoms with Crippen molar-refractivity contribution in [3.63, 3.8) is 0 Å². The van der Waals surface area contributed by atoms with E-state index in [0.717, 1.165) is 6.42 Å². The maximum absolute atomic E-state index is 3.71. The van der Waals surface area contributed by atoms with Crippen molar-refractivity contribution < 1.29 is 0 Å². The van der Waals surface area contributed by atoms with Gasteiger partial charge in [-0.05, 0) is 102 Å². The molecule has 202 valence electrons. The molecule has 9 rings (SSSR count). The Morgan fingerprint density at radius 2 is 1.02 bits per heavy atom. The van der Waals surface area contributed by atoms with Gasteiger partial charge in [0.2, 0.25) is 0 Å². The maximum atomic E-state index is 3.71. The molecule has 0 spiro atoms. The van der Waals surface area contributed by atoms with E-state index in [1.165, 1.54) is 82.7 Å². The van der Waals surface area contributed by atoms with Gasteiger partial charge in [0, 0.05) is 17.3 Å². The molecule has 1 nitrogen and oxygen atoms in total. The number of hydrogen-bond donors (Lipinski definition) is 1. The topological polar surface area (TPSA) is 12.0 Å². The lowest BCUT2D eigenvalue weighted by molar-refractivity contribution is 0.850. The van der Waals surface area contributed by atoms with Crippen LogP contribution in [-0.2, 0) is 0 Å². The highest BCUT2D eigenvalue weighted by molar-refractivity contribution is 6.21. The number of allylic oxidation sites excluding steroid dienone is 4. The Labute approximate surface area is 251 Å². The number of benzene rings is 7. The quantitative estimate of drug-likeness (QED) is 0.217. The summed E-state index contributed by atoms with van der Waals surface area (Å²) in [4.78, 5) is 0. The van der Waals surface area contributed by atoms with Crippen LogP contribution in [0, 0.1) is 0 Å². The van der Waals surface area contributed by atoms with E-state index in [9.17, 15) is 0 Å². The molecule has 0 saturated carbocycles. The van der Waals surface area contributed by atoms with Crippen LogP contribution in [0.1, 0.15) is 23.5 Å². The molecule has 0 radical (unpaired) electrons. The van der Waals surface area contributed by atoms with Crippen molar-refractivity contribution in [3.8, 4) is 22.3 Å². The highest BCUT2D eigenvalue weighted by Gasteiger charge is 2.30. The molecule has 2 aliphatic rings. The maximum Gasteiger partial charge on any atom is 0.0427 e. The van der Waals surface area contributed by atoms with Crippen molar-refractivity contribution in [2.45, 2.75) is 12.3 Å². The summed E-state index contributed by atoms with van der Waals surface area (Å²) >= 11 is 0. The van der Waals surface area contributed by atoms with E-state index in [1.807, 2.05) is 0 Å². The molecule has 7 aromatic carbocycles. The first-order valence-electron chi connectivity index (χ1n) is 15.1. The smallest absolute Gasteiger partial charge is 0.0427 e. The fourth-order valence-corrected chi connectivity index (χ4v) is 7.36. The average molecular weight is 548 g/mol. The highest BCUT2D eigenvalue weighted by atomic mass is 14.9. The summed E-state index contributed by atoms with van der Waals surface area (Å²) in [5.74, 6) is 0.357. The second kappa shape index (κ2) is 9.58. The summed E-state index contributed by atoms with van der Waals surface area (Å²) in [6, 6.07) is 51.2. The molecule has 0 aromatic heterocycles. The van der Waals surface area contributed by atoms with Crippen molar-refractivity contribution in [3.05, 3.63) is 169 Å². The number of anilines is 1. The molecule has 0 saturated heterocycles. The Kier molecular flexibility index (Phi) is 5.39. The summed E-state index contributed by atoms with van der Waals surface area (Å²) in [6.45, 7) is 0. The second-order valence-electron chi connectivity index (χ2n) is 11.8. The van der Waals surface area contributed by atoms with Gasteiger partial charge in [-0.1, -0.05) is 127 Å². The molecule has 1 atom stereocenters. The van der Waals surface area contributed by atoms with Gasteiger partial charge >= 0.3 is 0 Å². The van der Waals surface area contributed by atoms with E-state index < -0.39 is 0 Å². The predicted octanol–water partition coefficient (Wildman–Crippen LogP) is 11.4. The van der Waals surface area contributed by atoms with Gasteiger partial charge in [-0.2, -0.15) is 0 Å². The van der Waals surface area contributed by atoms with Gasteiger partial charge in [0.1, 0.15) is 0 Å². The van der Waals surface area contributed by atoms with E-state index in [2.05, 4.69) is 157 Å². The fraction of sp³-hybridized carbons (Fsp3) is 0.0476. The standard InChI is InChI=1S/C42H29N/c1-2-11-27(12-3-1)41-33-17-6-8-19-35(33)42(36-20-9-7-18-34(36)41)32-16-10-15-28(23-32)31-21-22-39-37(25-31)38-24-29-13-4-5-14-30(29)26-40(38)43-39/h1-24,26,37,43H,25H2. The third-order valence-electron chi connectivity index (χ3n) is 9.35. The first-order chi connectivity index (χ1) is 21.3. The summed E-state index contributed by atoms with van der Waals surface area (Å²) < 4.78 is 0. The van der Waals surface area contributed by atoms with E-state index >= 15 is 0 Å². The molecule has 1 N–H and O–H groups in total. The summed E-state index contributed by atoms with van der Waals surface area (Å²) in [7, 11) is 0. The van der Waals surface area contributed by atoms with Crippen LogP contribution in [0.4, 0.5) is 5.69 Å². The first kappa shape index (κ1) is 24.2. The van der Waals surface area contributed by atoms with Gasteiger partial charge in [0.25, 0.3) is 0 Å². The van der Waals surface area contributed by atoms with Crippen LogP contribution in [0.3, 0.4) is 0 Å². The number of rotatable bonds is 3. The third-order valence-corrected chi connectivity index (χ3v) is 9.35. The predicted molar refractivity (Wildman–Crippen MR) is 183 cm³/mol. The minimum Gasteiger partial charge on any atom is -0.358 e. The Morgan fingerprint density at radius 3 is 1.72 bits per heavy atom. The largest absolute Gasteiger partial charge is 0.358 e. The van der Waals surface area contributed by atoms with Gasteiger partial charge in [-0.15, -0.1) is 0 Å². The molecule has 0 amide bonds. The van der Waals surface area contributed by atoms with Crippen molar-refractivity contribution in [1.29, 1.82) is 0 Å². The normalized spacial score (nSPS) is 15.6. The minimum absolute atomic E-state index is 0.357. The SMILES string of the molecule is C1=C(c2cccc(-c3c4ccccc4c(-c4ccccc4)c4ccccc34)c2)CC2C(=C1)Nc1cc3ccccc3cc12. The highest BCUT2D eigenvalue weighted by Crippen LogP contribution is 2.48. The molecule has 0 fully saturated rings. The lowest BCUT2D eigenvalue weighted by atomic mass is 9.83. The molecule has 1 aliphatic heterocycles. The molecule has 1 heterocycles. The Morgan fingerprint density at radius 1 is 0.465 bits per heavy atom. The van der Waals surface area contributed by atoms with E-state index in [-0.39, 0.29) is 0 Å². The van der Waals surface area contributed by atoms with Gasteiger partial charge in [-0.25, -0.2) is 0 Å². The van der Waals surface area contributed by atoms with E-state index in [4.69, 9.17) is 0 Å². The zero-order valence-electron chi connectivity index (χ0n) is 23.7. The molecule has 1 unspecified atom stereocenters. The number of nitrogens with one attached hydrogen (secondary N) is 1. The summed E-state index contributed by atoms with van der Waals surface area (Å²) in [6.07, 6.45) is 5.60. The second-order valence-corrected chi connectivity index (χ2v) is 11.8. The molecule has 1 heteroatoms. The number of fused-ring (bicyclic) bond motifs is 6. The van der Waals surface area contributed by atoms with E-state index in [1.54, 1.807) is 0 Å². The van der Waals surface area contributed by atoms with Crippen molar-refractivity contribution in [2.75, 3.05) is 5.32 Å². The lowest BCUT2D eigenvalue weighted by Crippen LogP contribution is -2.05. The molecule has 0 bridgehead atoms. The molecular weight excluding hydrogens is 518 g/mol. The summed E-state index contributed by atoms with van der Waals surface area (Å²) in [5, 5.41) is 11.5. The van der Waals surface area contributed by atoms with Crippen LogP contribution in [0.5, 0.6) is 0 Å². The van der Waals surface area contributed by atoms with Crippen molar-refractivity contribution in [1.82, 2.24) is 0 Å². The Bertz CT molecular complexity index is 2230. The third kappa shape index (κ3) is 3.86. The van der Waals surface area contributed by atoms with Crippen LogP contribution in [0.15, 0.2) is 157 Å². The van der Waals surface area contributed by atoms with Gasteiger partial charge in [0.05, 0.1) is 0 Å². The minimum atomic E-state index is 0.357. The zero-order valence-corrected chi connectivity index (χ0v) is 23.7. The van der Waals surface area contributed by atoms with Crippen LogP contribution in [-0.4, -0.2) is 0 Å². The van der Waals surface area contributed by atoms with Crippen LogP contribution >= 0.6 is 0 Å². The monoisotopic (exact) mass is 547 g/mol. The molecule has 1 aliphatic carbocycles. The van der Waals surface area contributed by atoms with Crippen LogP contribution < -0.4 is 5.32 Å². The van der Waals surface area contributed by atoms with Gasteiger partial charge < -0.3 is 5.32 Å². The van der Waals surface area contributed by atoms with Gasteiger partial charge in [-0.3, -0.25) is 0 Å². The Hall–Kier alpha value is -5.40. The molecular formula is C42H29N. The molecule has 7 aromatic rings. The average Bonchev–Trinajstić information content (AvgIpc) is 3.43. The number of hydrogen-bond acceptors (Lipinski definition) is 1. The lowest BCUT2D eigenvalue weighted by Gasteiger charge is -2.21. The fourth-order valence-electron chi connectivity index (χ4n) is 7.36. The van der Waals surface area contributed by atoms with E-state index in [0.29, 0.717) is 5.92 Å². The Balaban J connectivity index is 1.18. The van der Waals surface area contributed by atoms with Crippen LogP contribution in [0.2, 0.25) is 0 Å². The summed E-state index contributed by atoms with van der Waals surface area (Å²) in [5.41, 5.74) is 11.8. The first-order valence-corrected chi connectivity index (χ1v) is 15.1. The van der Waals surface area contributed by atoms with Crippen LogP contribution in [0.25, 0.3) is 60.1 Å². The van der Waals surface area contributed by atoms with Crippen molar-refractivity contribution >= 4 is 43.6 Å². The molecule has 43 heavy (non-hydrogen) atoms.